The maximum Gasteiger partial charge on any atom is 0.229 e. The maximum absolute atomic E-state index is 14.4. The van der Waals surface area contributed by atoms with Crippen LogP contribution in [-0.4, -0.2) is 61.1 Å². The Morgan fingerprint density at radius 2 is 1.88 bits per heavy atom. The van der Waals surface area contributed by atoms with Crippen molar-refractivity contribution in [3.63, 3.8) is 0 Å². The van der Waals surface area contributed by atoms with E-state index in [4.69, 9.17) is 9.47 Å². The Kier molecular flexibility index (Phi) is 8.59. The number of benzene rings is 1. The van der Waals surface area contributed by atoms with Crippen LogP contribution in [0.15, 0.2) is 29.4 Å². The zero-order valence-corrected chi connectivity index (χ0v) is 20.9. The largest absolute Gasteiger partial charge is 0.474 e. The summed E-state index contributed by atoms with van der Waals surface area (Å²) in [6, 6.07) is 3.45. The van der Waals surface area contributed by atoms with Crippen LogP contribution in [0.5, 0.6) is 17.5 Å². The molecular weight excluding hydrogens is 461 g/mol. The highest BCUT2D eigenvalue weighted by Gasteiger charge is 2.24. The topological polar surface area (TPSA) is 98.7 Å². The Morgan fingerprint density at radius 3 is 2.50 bits per heavy atom. The molecule has 0 radical (unpaired) electrons. The average molecular weight is 494 g/mol. The molecule has 1 aromatic heterocycles. The summed E-state index contributed by atoms with van der Waals surface area (Å²) < 4.78 is 49.3. The van der Waals surface area contributed by atoms with Crippen LogP contribution in [0, 0.1) is 18.7 Å². The number of rotatable bonds is 10. The molecule has 1 aromatic carbocycles. The standard InChI is InChI=1S/C24H32FN3O5S/c1-16(2)5-6-18(29)14-28-11-9-19(10-12-28)32-23-17(3)24(27-15-26-23)33-22-8-7-20(13-21(22)25)34(4,30)31/h7-8,13,15-16,19H,5-6,9-12,14H2,1-4H3. The predicted octanol–water partition coefficient (Wildman–Crippen LogP) is 3.97. The molecule has 8 nitrogen and oxygen atoms in total. The van der Waals surface area contributed by atoms with Crippen molar-refractivity contribution in [1.29, 1.82) is 0 Å². The van der Waals surface area contributed by atoms with Crippen LogP contribution in [0.25, 0.3) is 0 Å². The van der Waals surface area contributed by atoms with Crippen molar-refractivity contribution in [2.24, 2.45) is 5.92 Å². The molecule has 0 atom stereocenters. The van der Waals surface area contributed by atoms with Crippen LogP contribution in [0.3, 0.4) is 0 Å². The van der Waals surface area contributed by atoms with Crippen LogP contribution < -0.4 is 9.47 Å². The molecule has 1 aliphatic rings. The van der Waals surface area contributed by atoms with Crippen LogP contribution in [0.4, 0.5) is 4.39 Å². The van der Waals surface area contributed by atoms with Gasteiger partial charge in [-0.2, -0.15) is 0 Å². The van der Waals surface area contributed by atoms with Crippen molar-refractivity contribution in [3.05, 3.63) is 35.9 Å². The Bertz CT molecular complexity index is 1120. The van der Waals surface area contributed by atoms with Gasteiger partial charge in [0.1, 0.15) is 18.2 Å². The van der Waals surface area contributed by atoms with E-state index in [1.807, 2.05) is 0 Å². The van der Waals surface area contributed by atoms with Gasteiger partial charge in [-0.15, -0.1) is 0 Å². The first kappa shape index (κ1) is 26.0. The molecule has 0 unspecified atom stereocenters. The normalized spacial score (nSPS) is 15.5. The summed E-state index contributed by atoms with van der Waals surface area (Å²) in [5, 5.41) is 0. The summed E-state index contributed by atoms with van der Waals surface area (Å²) in [7, 11) is -3.53. The smallest absolute Gasteiger partial charge is 0.229 e. The number of sulfone groups is 1. The third-order valence-corrected chi connectivity index (χ3v) is 6.85. The van der Waals surface area contributed by atoms with Crippen LogP contribution in [-0.2, 0) is 14.6 Å². The number of Topliss-reactive ketones (excluding diaryl/α,β-unsaturated/α-hetero) is 1. The van der Waals surface area contributed by atoms with Crippen molar-refractivity contribution in [2.75, 3.05) is 25.9 Å². The van der Waals surface area contributed by atoms with Crippen LogP contribution >= 0.6 is 0 Å². The van der Waals surface area contributed by atoms with Crippen molar-refractivity contribution in [3.8, 4) is 17.5 Å². The fourth-order valence-electron chi connectivity index (χ4n) is 3.66. The predicted molar refractivity (Wildman–Crippen MR) is 126 cm³/mol. The lowest BCUT2D eigenvalue weighted by Gasteiger charge is -2.31. The molecule has 0 spiro atoms. The third-order valence-electron chi connectivity index (χ3n) is 5.74. The second-order valence-corrected chi connectivity index (χ2v) is 11.2. The van der Waals surface area contributed by atoms with Crippen molar-refractivity contribution >= 4 is 15.6 Å². The fourth-order valence-corrected chi connectivity index (χ4v) is 4.29. The lowest BCUT2D eigenvalue weighted by molar-refractivity contribution is -0.120. The van der Waals surface area contributed by atoms with E-state index in [9.17, 15) is 17.6 Å². The van der Waals surface area contributed by atoms with Gasteiger partial charge in [-0.25, -0.2) is 22.8 Å². The van der Waals surface area contributed by atoms with Gasteiger partial charge in [0.05, 0.1) is 17.0 Å². The molecule has 2 heterocycles. The monoisotopic (exact) mass is 493 g/mol. The molecule has 0 N–H and O–H groups in total. The zero-order valence-electron chi connectivity index (χ0n) is 20.1. The molecule has 1 fully saturated rings. The Labute approximate surface area is 200 Å². The number of halogens is 1. The molecule has 0 saturated carbocycles. The van der Waals surface area contributed by atoms with Crippen molar-refractivity contribution in [1.82, 2.24) is 14.9 Å². The van der Waals surface area contributed by atoms with Gasteiger partial charge in [0, 0.05) is 25.8 Å². The number of likely N-dealkylation sites (tertiary alicyclic amines) is 1. The summed E-state index contributed by atoms with van der Waals surface area (Å²) in [6.45, 7) is 7.97. The molecule has 0 aliphatic carbocycles. The summed E-state index contributed by atoms with van der Waals surface area (Å²) in [4.78, 5) is 22.4. The molecule has 3 rings (SSSR count). The van der Waals surface area contributed by atoms with E-state index < -0.39 is 15.7 Å². The first-order valence-corrected chi connectivity index (χ1v) is 13.3. The van der Waals surface area contributed by atoms with Gasteiger partial charge in [0.15, 0.2) is 21.4 Å². The minimum absolute atomic E-state index is 0.0609. The van der Waals surface area contributed by atoms with Crippen molar-refractivity contribution in [2.45, 2.75) is 57.5 Å². The Morgan fingerprint density at radius 1 is 1.21 bits per heavy atom. The van der Waals surface area contributed by atoms with Crippen LogP contribution in [0.1, 0.15) is 45.1 Å². The second-order valence-electron chi connectivity index (χ2n) is 9.14. The fraction of sp³-hybridized carbons (Fsp3) is 0.542. The Hall–Kier alpha value is -2.59. The number of piperidine rings is 1. The molecule has 1 saturated heterocycles. The summed E-state index contributed by atoms with van der Waals surface area (Å²) >= 11 is 0. The Balaban J connectivity index is 1.58. The van der Waals surface area contributed by atoms with E-state index in [0.29, 0.717) is 30.3 Å². The van der Waals surface area contributed by atoms with E-state index in [1.54, 1.807) is 6.92 Å². The number of nitrogens with zero attached hydrogens (tertiary/aromatic N) is 3. The first-order valence-electron chi connectivity index (χ1n) is 11.4. The molecule has 10 heteroatoms. The molecule has 2 aromatic rings. The van der Waals surface area contributed by atoms with Gasteiger partial charge in [-0.1, -0.05) is 13.8 Å². The highest BCUT2D eigenvalue weighted by Crippen LogP contribution is 2.31. The van der Waals surface area contributed by atoms with E-state index in [2.05, 4.69) is 28.7 Å². The quantitative estimate of drug-likeness (QED) is 0.490. The summed E-state index contributed by atoms with van der Waals surface area (Å²) in [6.07, 6.45) is 5.29. The van der Waals surface area contributed by atoms with E-state index in [0.717, 1.165) is 44.7 Å². The highest BCUT2D eigenvalue weighted by molar-refractivity contribution is 7.90. The average Bonchev–Trinajstić information content (AvgIpc) is 2.77. The molecule has 34 heavy (non-hydrogen) atoms. The molecule has 186 valence electrons. The third kappa shape index (κ3) is 7.20. The summed E-state index contributed by atoms with van der Waals surface area (Å²) in [5.41, 5.74) is 0.514. The van der Waals surface area contributed by atoms with Gasteiger partial charge in [0.2, 0.25) is 11.8 Å². The van der Waals surface area contributed by atoms with Gasteiger partial charge >= 0.3 is 0 Å². The lowest BCUT2D eigenvalue weighted by atomic mass is 10.0. The molecule has 1 aliphatic heterocycles. The zero-order chi connectivity index (χ0) is 24.9. The molecular formula is C24H32FN3O5S. The van der Waals surface area contributed by atoms with Gasteiger partial charge in [0.25, 0.3) is 0 Å². The number of carbonyl (C=O) groups excluding carboxylic acids is 1. The molecule has 0 amide bonds. The van der Waals surface area contributed by atoms with Crippen molar-refractivity contribution < 1.29 is 27.1 Å². The van der Waals surface area contributed by atoms with E-state index in [1.165, 1.54) is 18.5 Å². The van der Waals surface area contributed by atoms with E-state index >= 15 is 0 Å². The number of hydrogen-bond acceptors (Lipinski definition) is 8. The minimum atomic E-state index is -3.53. The highest BCUT2D eigenvalue weighted by atomic mass is 32.2. The minimum Gasteiger partial charge on any atom is -0.474 e. The lowest BCUT2D eigenvalue weighted by Crippen LogP contribution is -2.41. The second kappa shape index (κ2) is 11.2. The molecule has 0 bridgehead atoms. The number of carbonyl (C=O) groups is 1. The van der Waals surface area contributed by atoms with Gasteiger partial charge in [-0.05, 0) is 50.3 Å². The van der Waals surface area contributed by atoms with Gasteiger partial charge < -0.3 is 9.47 Å². The summed E-state index contributed by atoms with van der Waals surface area (Å²) in [5.74, 6) is 0.331. The van der Waals surface area contributed by atoms with Crippen LogP contribution in [0.2, 0.25) is 0 Å². The number of hydrogen-bond donors (Lipinski definition) is 0. The van der Waals surface area contributed by atoms with Gasteiger partial charge in [-0.3, -0.25) is 9.69 Å². The maximum atomic E-state index is 14.4. The first-order chi connectivity index (χ1) is 16.0. The number of ether oxygens (including phenoxy) is 2. The van der Waals surface area contributed by atoms with E-state index in [-0.39, 0.29) is 28.4 Å². The SMILES string of the molecule is Cc1c(Oc2ccc(S(C)(=O)=O)cc2F)ncnc1OC1CCN(CC(=O)CCC(C)C)CC1. The number of aromatic nitrogens is 2. The number of ketones is 1.